The molecule has 0 aliphatic heterocycles. The normalized spacial score (nSPS) is 15.5. The smallest absolute Gasteiger partial charge is 0.268 e. The Morgan fingerprint density at radius 2 is 1.91 bits per heavy atom. The number of aromatic nitrogens is 4. The molecule has 0 fully saturated rings. The van der Waals surface area contributed by atoms with Gasteiger partial charge in [-0.2, -0.15) is 0 Å². The van der Waals surface area contributed by atoms with Crippen molar-refractivity contribution in [2.75, 3.05) is 5.75 Å². The number of nitrogens with zero attached hydrogens (tertiary/aromatic N) is 4. The molecule has 6 nitrogen and oxygen atoms in total. The van der Waals surface area contributed by atoms with Crippen molar-refractivity contribution < 1.29 is 4.79 Å². The third-order valence-electron chi connectivity index (χ3n) is 6.49. The highest BCUT2D eigenvalue weighted by Crippen LogP contribution is 2.41. The van der Waals surface area contributed by atoms with Gasteiger partial charge in [-0.3, -0.25) is 9.59 Å². The van der Waals surface area contributed by atoms with Gasteiger partial charge in [-0.05, 0) is 67.1 Å². The van der Waals surface area contributed by atoms with Gasteiger partial charge in [0.15, 0.2) is 10.9 Å². The molecule has 1 atom stereocenters. The van der Waals surface area contributed by atoms with E-state index in [2.05, 4.69) is 17.1 Å². The molecule has 0 bridgehead atoms. The molecule has 2 aromatic carbocycles. The summed E-state index contributed by atoms with van der Waals surface area (Å²) >= 11 is 8.95. The minimum absolute atomic E-state index is 0.0184. The molecule has 5 aromatic rings. The molecule has 9 heteroatoms. The summed E-state index contributed by atoms with van der Waals surface area (Å²) in [5.41, 5.74) is 2.44. The van der Waals surface area contributed by atoms with Crippen molar-refractivity contribution in [3.05, 3.63) is 86.0 Å². The van der Waals surface area contributed by atoms with E-state index in [1.54, 1.807) is 40.2 Å². The van der Waals surface area contributed by atoms with Crippen LogP contribution >= 0.6 is 34.7 Å². The number of carbonyl (C=O) groups is 1. The molecular formula is C26H21ClN4O2S2. The Hall–Kier alpha value is -2.94. The third kappa shape index (κ3) is 3.80. The average molecular weight is 521 g/mol. The van der Waals surface area contributed by atoms with Crippen LogP contribution in [-0.4, -0.2) is 30.7 Å². The van der Waals surface area contributed by atoms with Crippen molar-refractivity contribution in [2.24, 2.45) is 0 Å². The highest BCUT2D eigenvalue weighted by Gasteiger charge is 2.28. The van der Waals surface area contributed by atoms with Crippen LogP contribution in [0.1, 0.15) is 46.5 Å². The summed E-state index contributed by atoms with van der Waals surface area (Å²) in [6.45, 7) is 2.20. The van der Waals surface area contributed by atoms with Gasteiger partial charge in [-0.15, -0.1) is 21.5 Å². The summed E-state index contributed by atoms with van der Waals surface area (Å²) in [5, 5.41) is 10.8. The molecule has 0 saturated heterocycles. The summed E-state index contributed by atoms with van der Waals surface area (Å²) in [5.74, 6) is 0.966. The van der Waals surface area contributed by atoms with Gasteiger partial charge in [-0.25, -0.2) is 8.97 Å². The van der Waals surface area contributed by atoms with Gasteiger partial charge < -0.3 is 0 Å². The van der Waals surface area contributed by atoms with E-state index < -0.39 is 0 Å². The predicted molar refractivity (Wildman–Crippen MR) is 142 cm³/mol. The molecule has 3 aromatic heterocycles. The lowest BCUT2D eigenvalue weighted by molar-refractivity contribution is 0.102. The van der Waals surface area contributed by atoms with Crippen LogP contribution < -0.4 is 5.56 Å². The molecule has 3 heterocycles. The van der Waals surface area contributed by atoms with E-state index in [0.717, 1.165) is 40.7 Å². The molecule has 1 unspecified atom stereocenters. The topological polar surface area (TPSA) is 69.3 Å². The second kappa shape index (κ2) is 8.93. The minimum Gasteiger partial charge on any atom is -0.293 e. The molecule has 1 aliphatic rings. The van der Waals surface area contributed by atoms with Crippen LogP contribution in [0, 0.1) is 0 Å². The first-order valence-electron chi connectivity index (χ1n) is 11.5. The summed E-state index contributed by atoms with van der Waals surface area (Å²) in [7, 11) is 0. The highest BCUT2D eigenvalue weighted by atomic mass is 35.5. The van der Waals surface area contributed by atoms with Gasteiger partial charge in [0.1, 0.15) is 4.83 Å². The maximum atomic E-state index is 13.9. The maximum Gasteiger partial charge on any atom is 0.268 e. The van der Waals surface area contributed by atoms with Crippen LogP contribution in [0.2, 0.25) is 5.02 Å². The summed E-state index contributed by atoms with van der Waals surface area (Å²) in [6.07, 6.45) is 3.17. The average Bonchev–Trinajstić information content (AvgIpc) is 3.46. The fourth-order valence-electron chi connectivity index (χ4n) is 4.80. The standard InChI is InChI=1S/C26H21ClN4O2S2/c1-15-6-5-9-20-21(15)22-23(33)30(18-7-3-2-4-8-18)25-28-29-26(31(25)24(22)35-20)34-14-19(32)16-10-12-17(27)13-11-16/h2-4,7-8,10-13,15H,5-6,9,14H2,1H3. The van der Waals surface area contributed by atoms with Crippen LogP contribution in [0.3, 0.4) is 0 Å². The van der Waals surface area contributed by atoms with E-state index in [1.807, 2.05) is 34.7 Å². The number of aryl methyl sites for hydroxylation is 1. The zero-order valence-electron chi connectivity index (χ0n) is 18.9. The lowest BCUT2D eigenvalue weighted by Gasteiger charge is -2.18. The second-order valence-electron chi connectivity index (χ2n) is 8.73. The first-order valence-corrected chi connectivity index (χ1v) is 13.6. The maximum absolute atomic E-state index is 13.9. The van der Waals surface area contributed by atoms with Crippen LogP contribution in [0.15, 0.2) is 64.5 Å². The van der Waals surface area contributed by atoms with E-state index in [-0.39, 0.29) is 17.1 Å². The number of benzene rings is 2. The summed E-state index contributed by atoms with van der Waals surface area (Å²) < 4.78 is 3.61. The van der Waals surface area contributed by atoms with Crippen LogP contribution in [-0.2, 0) is 6.42 Å². The van der Waals surface area contributed by atoms with Crippen molar-refractivity contribution in [3.63, 3.8) is 0 Å². The van der Waals surface area contributed by atoms with E-state index in [0.29, 0.717) is 27.4 Å². The second-order valence-corrected chi connectivity index (χ2v) is 11.2. The van der Waals surface area contributed by atoms with Gasteiger partial charge in [0.25, 0.3) is 5.56 Å². The number of Topliss-reactive ketones (excluding diaryl/α,β-unsaturated/α-hetero) is 1. The number of thiophene rings is 1. The van der Waals surface area contributed by atoms with Crippen molar-refractivity contribution in [1.29, 1.82) is 0 Å². The Morgan fingerprint density at radius 3 is 2.69 bits per heavy atom. The van der Waals surface area contributed by atoms with E-state index in [4.69, 9.17) is 11.6 Å². The molecule has 1 aliphatic carbocycles. The van der Waals surface area contributed by atoms with Gasteiger partial charge in [0, 0.05) is 15.5 Å². The Balaban J connectivity index is 1.53. The molecule has 0 spiro atoms. The molecular weight excluding hydrogens is 500 g/mol. The Morgan fingerprint density at radius 1 is 1.14 bits per heavy atom. The van der Waals surface area contributed by atoms with E-state index >= 15 is 0 Å². The van der Waals surface area contributed by atoms with Crippen LogP contribution in [0.4, 0.5) is 0 Å². The number of hydrogen-bond donors (Lipinski definition) is 0. The zero-order chi connectivity index (χ0) is 24.1. The van der Waals surface area contributed by atoms with Crippen LogP contribution in [0.5, 0.6) is 0 Å². The van der Waals surface area contributed by atoms with E-state index in [9.17, 15) is 9.59 Å². The zero-order valence-corrected chi connectivity index (χ0v) is 21.3. The Labute approximate surface area is 214 Å². The van der Waals surface area contributed by atoms with Gasteiger partial charge in [-0.1, -0.05) is 48.5 Å². The lowest BCUT2D eigenvalue weighted by atomic mass is 9.88. The molecule has 176 valence electrons. The first-order chi connectivity index (χ1) is 17.0. The molecule has 0 N–H and O–H groups in total. The summed E-state index contributed by atoms with van der Waals surface area (Å²) in [6, 6.07) is 16.4. The van der Waals surface area contributed by atoms with Gasteiger partial charge in [0.05, 0.1) is 16.8 Å². The van der Waals surface area contributed by atoms with Crippen LogP contribution in [0.25, 0.3) is 21.7 Å². The minimum atomic E-state index is -0.0638. The van der Waals surface area contributed by atoms with E-state index in [1.165, 1.54) is 16.6 Å². The number of thioether (sulfide) groups is 1. The van der Waals surface area contributed by atoms with Crippen molar-refractivity contribution in [3.8, 4) is 5.69 Å². The van der Waals surface area contributed by atoms with Gasteiger partial charge in [0.2, 0.25) is 5.78 Å². The van der Waals surface area contributed by atoms with Crippen molar-refractivity contribution in [1.82, 2.24) is 19.2 Å². The number of rotatable bonds is 5. The Bertz CT molecular complexity index is 1640. The number of para-hydroxylation sites is 1. The fourth-order valence-corrected chi connectivity index (χ4v) is 7.26. The number of fused-ring (bicyclic) bond motifs is 5. The largest absolute Gasteiger partial charge is 0.293 e. The first kappa shape index (κ1) is 22.5. The molecule has 0 radical (unpaired) electrons. The lowest BCUT2D eigenvalue weighted by Crippen LogP contribution is -2.22. The molecule has 35 heavy (non-hydrogen) atoms. The fraction of sp³-hybridized carbons (Fsp3) is 0.231. The number of halogens is 1. The van der Waals surface area contributed by atoms with Crippen molar-refractivity contribution >= 4 is 56.5 Å². The third-order valence-corrected chi connectivity index (χ3v) is 8.92. The number of carbonyl (C=O) groups excluding carboxylic acids is 1. The quantitative estimate of drug-likeness (QED) is 0.205. The molecule has 0 saturated carbocycles. The monoisotopic (exact) mass is 520 g/mol. The summed E-state index contributed by atoms with van der Waals surface area (Å²) in [4.78, 5) is 28.9. The number of ketones is 1. The molecule has 0 amide bonds. The highest BCUT2D eigenvalue weighted by molar-refractivity contribution is 7.99. The molecule has 6 rings (SSSR count). The predicted octanol–water partition coefficient (Wildman–Crippen LogP) is 6.16. The van der Waals surface area contributed by atoms with Crippen molar-refractivity contribution in [2.45, 2.75) is 37.3 Å². The van der Waals surface area contributed by atoms with Gasteiger partial charge >= 0.3 is 0 Å². The Kier molecular flexibility index (Phi) is 5.75. The SMILES string of the molecule is CC1CCCc2sc3c(c21)c(=O)n(-c1ccccc1)c1nnc(SCC(=O)c2ccc(Cl)cc2)n31. The number of hydrogen-bond acceptors (Lipinski definition) is 6.